The van der Waals surface area contributed by atoms with Gasteiger partial charge in [0, 0.05) is 21.5 Å². The molecule has 0 fully saturated rings. The monoisotopic (exact) mass is 564 g/mol. The average molecular weight is 565 g/mol. The topological polar surface area (TPSA) is 71.1 Å². The van der Waals surface area contributed by atoms with Crippen LogP contribution in [0.25, 0.3) is 21.5 Å². The molecule has 2 unspecified atom stereocenters. The van der Waals surface area contributed by atoms with Crippen molar-refractivity contribution >= 4 is 33.9 Å². The Labute approximate surface area is 245 Å². The Morgan fingerprint density at radius 1 is 0.634 bits per heavy atom. The van der Waals surface area contributed by atoms with Crippen molar-refractivity contribution in [2.75, 3.05) is 13.2 Å². The molecule has 0 aromatic heterocycles. The lowest BCUT2D eigenvalue weighted by Gasteiger charge is -2.19. The molecule has 3 aromatic carbocycles. The second kappa shape index (κ2) is 16.9. The normalized spacial score (nSPS) is 12.7. The second-order valence-electron chi connectivity index (χ2n) is 11.0. The molecule has 0 aliphatic carbocycles. The van der Waals surface area contributed by atoms with Gasteiger partial charge in [-0.25, -0.2) is 9.59 Å². The van der Waals surface area contributed by atoms with Crippen LogP contribution in [0.1, 0.15) is 98.0 Å². The molecule has 6 heteroatoms. The maximum atomic E-state index is 13.0. The van der Waals surface area contributed by atoms with Gasteiger partial charge < -0.3 is 18.9 Å². The average Bonchev–Trinajstić information content (AvgIpc) is 2.99. The predicted octanol–water partition coefficient (Wildman–Crippen LogP) is 10.4. The highest BCUT2D eigenvalue weighted by Gasteiger charge is 2.23. The summed E-state index contributed by atoms with van der Waals surface area (Å²) < 4.78 is 23.1. The van der Waals surface area contributed by atoms with Crippen LogP contribution in [0.15, 0.2) is 42.5 Å². The molecule has 0 saturated heterocycles. The first-order valence-electron chi connectivity index (χ1n) is 15.6. The fourth-order valence-electron chi connectivity index (χ4n) is 5.30. The molecule has 0 radical (unpaired) electrons. The van der Waals surface area contributed by atoms with Gasteiger partial charge in [-0.2, -0.15) is 0 Å². The summed E-state index contributed by atoms with van der Waals surface area (Å²) in [5.74, 6) is 1.45. The number of hydrogen-bond donors (Lipinski definition) is 0. The summed E-state index contributed by atoms with van der Waals surface area (Å²) in [6.07, 6.45) is 8.59. The van der Waals surface area contributed by atoms with Gasteiger partial charge in [-0.1, -0.05) is 122 Å². The van der Waals surface area contributed by atoms with Crippen LogP contribution in [0.2, 0.25) is 0 Å². The van der Waals surface area contributed by atoms with Crippen molar-refractivity contribution in [3.8, 4) is 11.5 Å². The van der Waals surface area contributed by atoms with Crippen LogP contribution in [-0.2, 0) is 15.9 Å². The number of fused-ring (bicyclic) bond motifs is 2. The summed E-state index contributed by atoms with van der Waals surface area (Å²) in [5.41, 5.74) is 1.01. The zero-order valence-corrected chi connectivity index (χ0v) is 25.6. The number of carbonyl (C=O) groups is 2. The molecule has 3 aromatic rings. The fourth-order valence-corrected chi connectivity index (χ4v) is 5.30. The Morgan fingerprint density at radius 3 is 1.66 bits per heavy atom. The van der Waals surface area contributed by atoms with Crippen LogP contribution in [0.4, 0.5) is 9.59 Å². The highest BCUT2D eigenvalue weighted by atomic mass is 16.7. The van der Waals surface area contributed by atoms with E-state index in [0.717, 1.165) is 75.2 Å². The molecule has 224 valence electrons. The quantitative estimate of drug-likeness (QED) is 0.0979. The summed E-state index contributed by atoms with van der Waals surface area (Å²) in [7, 11) is 0. The minimum absolute atomic E-state index is 0.308. The van der Waals surface area contributed by atoms with Crippen LogP contribution in [0.5, 0.6) is 11.5 Å². The maximum absolute atomic E-state index is 13.0. The van der Waals surface area contributed by atoms with Gasteiger partial charge in [0.1, 0.15) is 5.75 Å². The second-order valence-corrected chi connectivity index (χ2v) is 11.0. The summed E-state index contributed by atoms with van der Waals surface area (Å²) in [5, 5.41) is 2.79. The first-order valence-corrected chi connectivity index (χ1v) is 15.6. The van der Waals surface area contributed by atoms with E-state index in [1.54, 1.807) is 0 Å². The Kier molecular flexibility index (Phi) is 13.3. The third-order valence-corrected chi connectivity index (χ3v) is 7.89. The number of unbranched alkanes of at least 4 members (excludes halogenated alkanes) is 2. The standard InChI is InChI=1S/C35H48O6/c1-6-11-17-25(9-4)23-38-34(36)40-32-28-20-13-14-21-29(28)33(31-27(16-8-3)19-15-22-30(31)32)41-35(37)39-24-26(10-5)18-12-7-2/h13-15,19-22,25-26H,6-12,16-18,23-24H2,1-5H3. The van der Waals surface area contributed by atoms with E-state index in [1.165, 1.54) is 0 Å². The lowest BCUT2D eigenvalue weighted by atomic mass is 9.95. The Balaban J connectivity index is 1.97. The summed E-state index contributed by atoms with van der Waals surface area (Å²) in [4.78, 5) is 26.0. The molecule has 3 rings (SSSR count). The van der Waals surface area contributed by atoms with Gasteiger partial charge in [-0.3, -0.25) is 0 Å². The lowest BCUT2D eigenvalue weighted by molar-refractivity contribution is 0.0805. The van der Waals surface area contributed by atoms with Crippen LogP contribution >= 0.6 is 0 Å². The Morgan fingerprint density at radius 2 is 1.15 bits per heavy atom. The number of carbonyl (C=O) groups excluding carboxylic acids is 2. The molecule has 0 heterocycles. The SMILES string of the molecule is CCCCC(CC)COC(=O)Oc1c2ccccc2c(OC(=O)OCC(CC)CCCC)c2c(CCC)cccc12. The first-order chi connectivity index (χ1) is 20.0. The molecule has 41 heavy (non-hydrogen) atoms. The van der Waals surface area contributed by atoms with Gasteiger partial charge in [0.25, 0.3) is 0 Å². The third-order valence-electron chi connectivity index (χ3n) is 7.89. The molecule has 0 amide bonds. The third kappa shape index (κ3) is 8.85. The molecule has 0 N–H and O–H groups in total. The number of aryl methyl sites for hydroxylation is 1. The molecule has 6 nitrogen and oxygen atoms in total. The fraction of sp³-hybridized carbons (Fsp3) is 0.543. The predicted molar refractivity (Wildman–Crippen MR) is 166 cm³/mol. The van der Waals surface area contributed by atoms with E-state index >= 15 is 0 Å². The molecule has 0 bridgehead atoms. The number of benzene rings is 3. The first kappa shape index (κ1) is 32.2. The van der Waals surface area contributed by atoms with Crippen molar-refractivity contribution in [3.05, 3.63) is 48.0 Å². The van der Waals surface area contributed by atoms with Crippen LogP contribution < -0.4 is 9.47 Å². The van der Waals surface area contributed by atoms with Crippen molar-refractivity contribution in [3.63, 3.8) is 0 Å². The maximum Gasteiger partial charge on any atom is 0.513 e. The summed E-state index contributed by atoms with van der Waals surface area (Å²) >= 11 is 0. The van der Waals surface area contributed by atoms with Gasteiger partial charge in [-0.15, -0.1) is 0 Å². The van der Waals surface area contributed by atoms with Crippen LogP contribution in [-0.4, -0.2) is 25.5 Å². The zero-order chi connectivity index (χ0) is 29.6. The smallest absolute Gasteiger partial charge is 0.434 e. The molecule has 2 atom stereocenters. The molecule has 0 saturated carbocycles. The minimum atomic E-state index is -0.724. The Hall–Kier alpha value is -3.28. The summed E-state index contributed by atoms with van der Waals surface area (Å²) in [6.45, 7) is 11.3. The molecule has 0 spiro atoms. The molecular formula is C35H48O6. The van der Waals surface area contributed by atoms with Crippen LogP contribution in [0, 0.1) is 11.8 Å². The van der Waals surface area contributed by atoms with Crippen molar-refractivity contribution in [1.29, 1.82) is 0 Å². The van der Waals surface area contributed by atoms with E-state index in [0.29, 0.717) is 52.7 Å². The van der Waals surface area contributed by atoms with Crippen molar-refractivity contribution < 1.29 is 28.5 Å². The van der Waals surface area contributed by atoms with Gasteiger partial charge in [0.15, 0.2) is 5.75 Å². The highest BCUT2D eigenvalue weighted by molar-refractivity contribution is 6.13. The van der Waals surface area contributed by atoms with Crippen LogP contribution in [0.3, 0.4) is 0 Å². The number of hydrogen-bond acceptors (Lipinski definition) is 6. The van der Waals surface area contributed by atoms with E-state index < -0.39 is 12.3 Å². The largest absolute Gasteiger partial charge is 0.513 e. The summed E-state index contributed by atoms with van der Waals surface area (Å²) in [6, 6.07) is 13.4. The molecule has 0 aliphatic heterocycles. The van der Waals surface area contributed by atoms with E-state index in [2.05, 4.69) is 34.6 Å². The van der Waals surface area contributed by atoms with E-state index in [-0.39, 0.29) is 0 Å². The van der Waals surface area contributed by atoms with Crippen molar-refractivity contribution in [2.45, 2.75) is 98.8 Å². The van der Waals surface area contributed by atoms with E-state index in [4.69, 9.17) is 18.9 Å². The molecular weight excluding hydrogens is 516 g/mol. The lowest BCUT2D eigenvalue weighted by Crippen LogP contribution is -2.18. The van der Waals surface area contributed by atoms with Gasteiger partial charge in [0.2, 0.25) is 0 Å². The minimum Gasteiger partial charge on any atom is -0.434 e. The van der Waals surface area contributed by atoms with Crippen molar-refractivity contribution in [2.24, 2.45) is 11.8 Å². The highest BCUT2D eigenvalue weighted by Crippen LogP contribution is 2.44. The van der Waals surface area contributed by atoms with Crippen molar-refractivity contribution in [1.82, 2.24) is 0 Å². The Bertz CT molecular complexity index is 1270. The van der Waals surface area contributed by atoms with E-state index in [1.807, 2.05) is 42.5 Å². The number of rotatable bonds is 16. The van der Waals surface area contributed by atoms with E-state index in [9.17, 15) is 9.59 Å². The van der Waals surface area contributed by atoms with Gasteiger partial charge >= 0.3 is 12.3 Å². The van der Waals surface area contributed by atoms with Gasteiger partial charge in [0.05, 0.1) is 13.2 Å². The number of ether oxygens (including phenoxy) is 4. The van der Waals surface area contributed by atoms with Gasteiger partial charge in [-0.05, 0) is 36.7 Å². The zero-order valence-electron chi connectivity index (χ0n) is 25.6. The molecule has 0 aliphatic rings.